The third kappa shape index (κ3) is 4.66. The van der Waals surface area contributed by atoms with Gasteiger partial charge in [0.1, 0.15) is 0 Å². The number of benzene rings is 1. The van der Waals surface area contributed by atoms with Gasteiger partial charge in [-0.05, 0) is 35.1 Å². The zero-order valence-electron chi connectivity index (χ0n) is 11.8. The third-order valence-corrected chi connectivity index (χ3v) is 3.73. The fourth-order valence-corrected chi connectivity index (χ4v) is 2.30. The highest BCUT2D eigenvalue weighted by atomic mass is 127. The van der Waals surface area contributed by atoms with E-state index in [2.05, 4.69) is 5.32 Å². The van der Waals surface area contributed by atoms with Crippen molar-refractivity contribution in [3.8, 4) is 0 Å². The van der Waals surface area contributed by atoms with Crippen LogP contribution in [0.25, 0.3) is 0 Å². The number of carbonyl (C=O) groups excluding carboxylic acids is 2. The number of nitrogens with one attached hydrogen (secondary N) is 1. The van der Waals surface area contributed by atoms with E-state index in [0.717, 1.165) is 0 Å². The summed E-state index contributed by atoms with van der Waals surface area (Å²) >= 11 is 1.95. The molecule has 7 nitrogen and oxygen atoms in total. The number of hydrogen-bond acceptors (Lipinski definition) is 4. The molecular weight excluding hydrogens is 389 g/mol. The molecule has 0 aromatic heterocycles. The Kier molecular flexibility index (Phi) is 6.53. The van der Waals surface area contributed by atoms with Crippen molar-refractivity contribution in [2.75, 3.05) is 20.1 Å². The smallest absolute Gasteiger partial charge is 0.270 e. The fourth-order valence-electron chi connectivity index (χ4n) is 1.74. The lowest BCUT2D eigenvalue weighted by molar-refractivity contribution is -0.384. The van der Waals surface area contributed by atoms with Crippen LogP contribution in [0.4, 0.5) is 5.69 Å². The number of rotatable bonds is 6. The molecule has 0 heterocycles. The number of amides is 2. The first-order valence-electron chi connectivity index (χ1n) is 6.34. The second-order valence-corrected chi connectivity index (χ2v) is 5.48. The van der Waals surface area contributed by atoms with Crippen molar-refractivity contribution >= 4 is 40.1 Å². The van der Waals surface area contributed by atoms with Gasteiger partial charge in [0, 0.05) is 29.3 Å². The molecule has 1 N–H and O–H groups in total. The quantitative estimate of drug-likeness (QED) is 0.444. The summed E-state index contributed by atoms with van der Waals surface area (Å²) in [6.07, 6.45) is 0.689. The molecule has 0 bridgehead atoms. The summed E-state index contributed by atoms with van der Waals surface area (Å²) in [6, 6.07) is 4.12. The van der Waals surface area contributed by atoms with Crippen LogP contribution in [0.5, 0.6) is 0 Å². The van der Waals surface area contributed by atoms with E-state index in [9.17, 15) is 19.7 Å². The first kappa shape index (κ1) is 17.3. The maximum atomic E-state index is 12.5. The number of nitro benzene ring substituents is 1. The van der Waals surface area contributed by atoms with Crippen LogP contribution in [-0.2, 0) is 4.79 Å². The zero-order chi connectivity index (χ0) is 16.0. The summed E-state index contributed by atoms with van der Waals surface area (Å²) in [5.41, 5.74) is 0.0947. The Morgan fingerprint density at radius 3 is 2.62 bits per heavy atom. The van der Waals surface area contributed by atoms with Crippen molar-refractivity contribution in [1.82, 2.24) is 10.2 Å². The predicted molar refractivity (Wildman–Crippen MR) is 86.1 cm³/mol. The highest BCUT2D eigenvalue weighted by Crippen LogP contribution is 2.21. The minimum atomic E-state index is -0.546. The van der Waals surface area contributed by atoms with Crippen LogP contribution in [-0.4, -0.2) is 41.8 Å². The maximum Gasteiger partial charge on any atom is 0.270 e. The number of nitro groups is 1. The topological polar surface area (TPSA) is 92.6 Å². The van der Waals surface area contributed by atoms with Crippen LogP contribution in [0.1, 0.15) is 23.7 Å². The molecule has 0 saturated heterocycles. The average molecular weight is 405 g/mol. The molecule has 0 atom stereocenters. The van der Waals surface area contributed by atoms with Gasteiger partial charge in [-0.25, -0.2) is 0 Å². The van der Waals surface area contributed by atoms with Crippen LogP contribution in [0.15, 0.2) is 18.2 Å². The van der Waals surface area contributed by atoms with Gasteiger partial charge in [-0.15, -0.1) is 0 Å². The Labute approximate surface area is 136 Å². The lowest BCUT2D eigenvalue weighted by atomic mass is 10.1. The Morgan fingerprint density at radius 2 is 2.10 bits per heavy atom. The minimum absolute atomic E-state index is 0.0675. The van der Waals surface area contributed by atoms with E-state index in [4.69, 9.17) is 0 Å². The summed E-state index contributed by atoms with van der Waals surface area (Å²) < 4.78 is 0.612. The lowest BCUT2D eigenvalue weighted by Crippen LogP contribution is -2.40. The summed E-state index contributed by atoms with van der Waals surface area (Å²) in [5.74, 6) is -0.661. The van der Waals surface area contributed by atoms with E-state index in [1.165, 1.54) is 30.1 Å². The first-order valence-corrected chi connectivity index (χ1v) is 7.42. The molecule has 0 unspecified atom stereocenters. The standard InChI is InChI=1S/C13H16IN3O4/c1-3-6-16(8-12(18)15-2)13(19)10-7-9(17(20)21)4-5-11(10)14/h4-5,7H,3,6,8H2,1-2H3,(H,15,18). The first-order chi connectivity index (χ1) is 9.90. The molecule has 0 aliphatic carbocycles. The van der Waals surface area contributed by atoms with E-state index < -0.39 is 4.92 Å². The summed E-state index contributed by atoms with van der Waals surface area (Å²) in [4.78, 5) is 35.6. The van der Waals surface area contributed by atoms with Crippen molar-refractivity contribution in [2.45, 2.75) is 13.3 Å². The molecule has 0 radical (unpaired) electrons. The second kappa shape index (κ2) is 7.91. The van der Waals surface area contributed by atoms with Crippen LogP contribution >= 0.6 is 22.6 Å². The molecule has 0 saturated carbocycles. The number of halogens is 1. The minimum Gasteiger partial charge on any atom is -0.358 e. The molecule has 114 valence electrons. The van der Waals surface area contributed by atoms with Crippen LogP contribution in [0.3, 0.4) is 0 Å². The van der Waals surface area contributed by atoms with Crippen molar-refractivity contribution in [1.29, 1.82) is 0 Å². The Bertz CT molecular complexity index is 562. The number of non-ortho nitro benzene ring substituents is 1. The van der Waals surface area contributed by atoms with Gasteiger partial charge < -0.3 is 10.2 Å². The molecule has 0 spiro atoms. The van der Waals surface area contributed by atoms with Gasteiger partial charge in [0.05, 0.1) is 17.0 Å². The van der Waals surface area contributed by atoms with Crippen molar-refractivity contribution < 1.29 is 14.5 Å². The molecule has 0 aliphatic heterocycles. The molecule has 1 aromatic carbocycles. The van der Waals surface area contributed by atoms with Gasteiger partial charge in [0.25, 0.3) is 11.6 Å². The Hall–Kier alpha value is -1.71. The van der Waals surface area contributed by atoms with Gasteiger partial charge >= 0.3 is 0 Å². The molecule has 1 aromatic rings. The zero-order valence-corrected chi connectivity index (χ0v) is 13.9. The average Bonchev–Trinajstić information content (AvgIpc) is 2.46. The third-order valence-electron chi connectivity index (χ3n) is 2.79. The number of nitrogens with zero attached hydrogens (tertiary/aromatic N) is 2. The lowest BCUT2D eigenvalue weighted by Gasteiger charge is -2.21. The van der Waals surface area contributed by atoms with Crippen molar-refractivity contribution in [3.63, 3.8) is 0 Å². The second-order valence-electron chi connectivity index (χ2n) is 4.32. The monoisotopic (exact) mass is 405 g/mol. The predicted octanol–water partition coefficient (Wildman–Crippen LogP) is 1.80. The number of carbonyl (C=O) groups is 2. The Balaban J connectivity index is 3.10. The molecule has 0 fully saturated rings. The SMILES string of the molecule is CCCN(CC(=O)NC)C(=O)c1cc([N+](=O)[O-])ccc1I. The van der Waals surface area contributed by atoms with E-state index in [1.807, 2.05) is 29.5 Å². The maximum absolute atomic E-state index is 12.5. The Morgan fingerprint density at radius 1 is 1.43 bits per heavy atom. The van der Waals surface area contributed by atoms with E-state index in [1.54, 1.807) is 0 Å². The summed E-state index contributed by atoms with van der Waals surface area (Å²) in [7, 11) is 1.49. The molecule has 2 amide bonds. The van der Waals surface area contributed by atoms with Gasteiger partial charge in [0.2, 0.25) is 5.91 Å². The largest absolute Gasteiger partial charge is 0.358 e. The van der Waals surface area contributed by atoms with Crippen molar-refractivity contribution in [2.24, 2.45) is 0 Å². The fraction of sp³-hybridized carbons (Fsp3) is 0.385. The van der Waals surface area contributed by atoms with E-state index in [-0.39, 0.29) is 29.6 Å². The van der Waals surface area contributed by atoms with Crippen LogP contribution in [0.2, 0.25) is 0 Å². The van der Waals surface area contributed by atoms with Gasteiger partial charge in [0.15, 0.2) is 0 Å². The molecule has 1 rings (SSSR count). The van der Waals surface area contributed by atoms with Crippen molar-refractivity contribution in [3.05, 3.63) is 37.4 Å². The molecular formula is C13H16IN3O4. The molecule has 21 heavy (non-hydrogen) atoms. The normalized spacial score (nSPS) is 10.0. The molecule has 0 aliphatic rings. The highest BCUT2D eigenvalue weighted by molar-refractivity contribution is 14.1. The van der Waals surface area contributed by atoms with E-state index in [0.29, 0.717) is 16.5 Å². The highest BCUT2D eigenvalue weighted by Gasteiger charge is 2.22. The summed E-state index contributed by atoms with van der Waals surface area (Å²) in [6.45, 7) is 2.23. The van der Waals surface area contributed by atoms with Crippen LogP contribution < -0.4 is 5.32 Å². The van der Waals surface area contributed by atoms with E-state index >= 15 is 0 Å². The van der Waals surface area contributed by atoms with Gasteiger partial charge in [-0.1, -0.05) is 6.92 Å². The summed E-state index contributed by atoms with van der Waals surface area (Å²) in [5, 5.41) is 13.3. The van der Waals surface area contributed by atoms with Gasteiger partial charge in [-0.3, -0.25) is 19.7 Å². The number of likely N-dealkylation sites (N-methyl/N-ethyl adjacent to an activating group) is 1. The van der Waals surface area contributed by atoms with Crippen LogP contribution in [0, 0.1) is 13.7 Å². The van der Waals surface area contributed by atoms with Gasteiger partial charge in [-0.2, -0.15) is 0 Å². The molecule has 8 heteroatoms. The number of hydrogen-bond donors (Lipinski definition) is 1.